The zero-order chi connectivity index (χ0) is 26.2. The molecule has 1 aromatic carbocycles. The summed E-state index contributed by atoms with van der Waals surface area (Å²) in [6.07, 6.45) is 0.0451. The van der Waals surface area contributed by atoms with Gasteiger partial charge in [-0.05, 0) is 32.3 Å². The minimum atomic E-state index is -1.71. The van der Waals surface area contributed by atoms with Gasteiger partial charge in [-0.1, -0.05) is 62.9 Å². The lowest BCUT2D eigenvalue weighted by Crippen LogP contribution is -2.56. The molecule has 9 heteroatoms. The Morgan fingerprint density at radius 2 is 1.69 bits per heavy atom. The number of amides is 2. The van der Waals surface area contributed by atoms with Gasteiger partial charge in [-0.3, -0.25) is 9.59 Å². The summed E-state index contributed by atoms with van der Waals surface area (Å²) in [5, 5.41) is 35.0. The van der Waals surface area contributed by atoms with Gasteiger partial charge in [-0.15, -0.1) is 0 Å². The zero-order valence-corrected chi connectivity index (χ0v) is 21.1. The Hall–Kier alpha value is -2.33. The van der Waals surface area contributed by atoms with Crippen molar-refractivity contribution in [2.24, 2.45) is 0 Å². The Morgan fingerprint density at radius 1 is 1.03 bits per heavy atom. The predicted molar refractivity (Wildman–Crippen MR) is 133 cm³/mol. The lowest BCUT2D eigenvalue weighted by atomic mass is 10.0. The number of nitrogens with one attached hydrogen (secondary N) is 2. The van der Waals surface area contributed by atoms with E-state index in [1.165, 1.54) is 6.92 Å². The van der Waals surface area contributed by atoms with Crippen molar-refractivity contribution in [3.8, 4) is 0 Å². The van der Waals surface area contributed by atoms with Gasteiger partial charge < -0.3 is 35.5 Å². The molecule has 0 spiro atoms. The van der Waals surface area contributed by atoms with Crippen LogP contribution in [0.5, 0.6) is 0 Å². The third-order valence-corrected chi connectivity index (χ3v) is 5.76. The van der Waals surface area contributed by atoms with Gasteiger partial charge in [0.15, 0.2) is 0 Å². The first-order valence-electron chi connectivity index (χ1n) is 12.4. The Balaban J connectivity index is 2.77. The largest absolute Gasteiger partial charge is 0.394 e. The molecule has 0 fully saturated rings. The number of ether oxygens (including phenoxy) is 1. The summed E-state index contributed by atoms with van der Waals surface area (Å²) in [6, 6.07) is 8.10. The van der Waals surface area contributed by atoms with Crippen molar-refractivity contribution in [3.05, 3.63) is 35.9 Å². The number of unbranched alkanes of at least 4 members (excludes halogenated alkanes) is 4. The molecule has 2 amide bonds. The highest BCUT2D eigenvalue weighted by molar-refractivity contribution is 5.81. The lowest BCUT2D eigenvalue weighted by molar-refractivity contribution is -0.157. The van der Waals surface area contributed by atoms with Gasteiger partial charge in [0.2, 0.25) is 11.8 Å². The van der Waals surface area contributed by atoms with Crippen molar-refractivity contribution in [1.29, 1.82) is 0 Å². The number of aliphatic hydroxyl groups excluding tert-OH is 3. The van der Waals surface area contributed by atoms with Crippen LogP contribution in [-0.2, 0) is 25.5 Å². The summed E-state index contributed by atoms with van der Waals surface area (Å²) in [4.78, 5) is 36.8. The number of rotatable bonds is 18. The van der Waals surface area contributed by atoms with Crippen LogP contribution in [0.15, 0.2) is 30.3 Å². The van der Waals surface area contributed by atoms with Crippen LogP contribution in [0, 0.1) is 0 Å². The molecule has 0 saturated heterocycles. The van der Waals surface area contributed by atoms with Crippen LogP contribution in [0.3, 0.4) is 0 Å². The highest BCUT2D eigenvalue weighted by atomic mass is 16.5. The quantitative estimate of drug-likeness (QED) is 0.153. The molecule has 35 heavy (non-hydrogen) atoms. The Kier molecular flexibility index (Phi) is 15.0. The van der Waals surface area contributed by atoms with Crippen LogP contribution in [0.1, 0.15) is 64.9 Å². The van der Waals surface area contributed by atoms with E-state index in [2.05, 4.69) is 17.6 Å². The third kappa shape index (κ3) is 11.8. The van der Waals surface area contributed by atoms with Gasteiger partial charge in [-0.25, -0.2) is 0 Å². The van der Waals surface area contributed by atoms with Gasteiger partial charge >= 0.3 is 0 Å². The first-order chi connectivity index (χ1) is 16.7. The molecule has 0 aliphatic carbocycles. The second kappa shape index (κ2) is 17.2. The standard InChI is InChI=1S/C26H42N2O7/c1-4-5-6-7-11-14-23(32)28-21(16-29)25(24(33)22(31)17-30)35-19(3)26(34)27-18(2)15-20-12-9-8-10-13-20/h8-10,12-13,16,18-19,21-22,24-25,30-31,33H,4-7,11,14-15,17H2,1-3H3,(H,27,34)(H,28,32)/t18-,19+,21-,22+,24+,25+/m0/s1. The van der Waals surface area contributed by atoms with E-state index < -0.39 is 48.9 Å². The number of benzene rings is 1. The summed E-state index contributed by atoms with van der Waals surface area (Å²) in [5.74, 6) is -0.873. The van der Waals surface area contributed by atoms with Crippen LogP contribution in [0.25, 0.3) is 0 Å². The van der Waals surface area contributed by atoms with Crippen molar-refractivity contribution < 1.29 is 34.4 Å². The molecule has 198 valence electrons. The van der Waals surface area contributed by atoms with Crippen molar-refractivity contribution in [2.75, 3.05) is 6.61 Å². The zero-order valence-electron chi connectivity index (χ0n) is 21.1. The van der Waals surface area contributed by atoms with Crippen molar-refractivity contribution in [3.63, 3.8) is 0 Å². The predicted octanol–water partition coefficient (Wildman–Crippen LogP) is 1.27. The molecule has 5 N–H and O–H groups in total. The maximum absolute atomic E-state index is 12.7. The number of aliphatic hydroxyl groups is 3. The van der Waals surface area contributed by atoms with E-state index in [1.807, 2.05) is 37.3 Å². The molecule has 0 aliphatic heterocycles. The lowest BCUT2D eigenvalue weighted by Gasteiger charge is -2.32. The molecule has 9 nitrogen and oxygen atoms in total. The summed E-state index contributed by atoms with van der Waals surface area (Å²) in [6.45, 7) is 4.60. The normalized spacial score (nSPS) is 16.4. The fourth-order valence-electron chi connectivity index (χ4n) is 3.72. The van der Waals surface area contributed by atoms with Gasteiger partial charge in [0.1, 0.15) is 36.7 Å². The first kappa shape index (κ1) is 30.7. The number of hydrogen-bond donors (Lipinski definition) is 5. The van der Waals surface area contributed by atoms with Crippen LogP contribution >= 0.6 is 0 Å². The topological polar surface area (TPSA) is 145 Å². The first-order valence-corrected chi connectivity index (χ1v) is 12.4. The molecule has 0 radical (unpaired) electrons. The SMILES string of the molecule is CCCCCCCC(=O)N[C@@H](C=O)[C@@H](O[C@H](C)C(=O)N[C@@H](C)Cc1ccccc1)[C@H](O)[C@H](O)CO. The van der Waals surface area contributed by atoms with Crippen LogP contribution in [0.2, 0.25) is 0 Å². The van der Waals surface area contributed by atoms with E-state index in [4.69, 9.17) is 4.74 Å². The van der Waals surface area contributed by atoms with Crippen molar-refractivity contribution >= 4 is 18.1 Å². The Bertz CT molecular complexity index is 746. The van der Waals surface area contributed by atoms with E-state index in [0.29, 0.717) is 19.1 Å². The van der Waals surface area contributed by atoms with Crippen molar-refractivity contribution in [1.82, 2.24) is 10.6 Å². The third-order valence-electron chi connectivity index (χ3n) is 5.76. The van der Waals surface area contributed by atoms with E-state index in [1.54, 1.807) is 0 Å². The molecular formula is C26H42N2O7. The number of carbonyl (C=O) groups excluding carboxylic acids is 3. The summed E-state index contributed by atoms with van der Waals surface area (Å²) in [5.41, 5.74) is 1.05. The van der Waals surface area contributed by atoms with E-state index >= 15 is 0 Å². The van der Waals surface area contributed by atoms with Crippen LogP contribution < -0.4 is 10.6 Å². The fraction of sp³-hybridized carbons (Fsp3) is 0.654. The number of carbonyl (C=O) groups is 3. The van der Waals surface area contributed by atoms with E-state index in [9.17, 15) is 29.7 Å². The summed E-state index contributed by atoms with van der Waals surface area (Å²) >= 11 is 0. The molecule has 0 unspecified atom stereocenters. The van der Waals surface area contributed by atoms with Gasteiger partial charge in [0.05, 0.1) is 6.61 Å². The summed E-state index contributed by atoms with van der Waals surface area (Å²) < 4.78 is 5.68. The Morgan fingerprint density at radius 3 is 2.29 bits per heavy atom. The van der Waals surface area contributed by atoms with Gasteiger partial charge in [0, 0.05) is 12.5 Å². The number of hydrogen-bond acceptors (Lipinski definition) is 7. The average molecular weight is 495 g/mol. The Labute approximate surface area is 208 Å². The smallest absolute Gasteiger partial charge is 0.249 e. The molecular weight excluding hydrogens is 452 g/mol. The van der Waals surface area contributed by atoms with E-state index in [-0.39, 0.29) is 12.5 Å². The molecule has 1 rings (SSSR count). The highest BCUT2D eigenvalue weighted by Crippen LogP contribution is 2.13. The molecule has 0 heterocycles. The number of aldehydes is 1. The van der Waals surface area contributed by atoms with E-state index in [0.717, 1.165) is 31.2 Å². The summed E-state index contributed by atoms with van der Waals surface area (Å²) in [7, 11) is 0. The second-order valence-electron chi connectivity index (χ2n) is 8.98. The maximum atomic E-state index is 12.7. The van der Waals surface area contributed by atoms with Crippen LogP contribution in [0.4, 0.5) is 0 Å². The van der Waals surface area contributed by atoms with Gasteiger partial charge in [0.25, 0.3) is 0 Å². The highest BCUT2D eigenvalue weighted by Gasteiger charge is 2.37. The second-order valence-corrected chi connectivity index (χ2v) is 8.98. The fourth-order valence-corrected chi connectivity index (χ4v) is 3.72. The minimum absolute atomic E-state index is 0.201. The van der Waals surface area contributed by atoms with Gasteiger partial charge in [-0.2, -0.15) is 0 Å². The monoisotopic (exact) mass is 494 g/mol. The molecule has 6 atom stereocenters. The molecule has 0 bridgehead atoms. The minimum Gasteiger partial charge on any atom is -0.394 e. The average Bonchev–Trinajstić information content (AvgIpc) is 2.85. The van der Waals surface area contributed by atoms with Crippen LogP contribution in [-0.4, -0.2) is 76.5 Å². The maximum Gasteiger partial charge on any atom is 0.249 e. The molecule has 0 saturated carbocycles. The van der Waals surface area contributed by atoms with Crippen molar-refractivity contribution in [2.45, 2.75) is 102 Å². The molecule has 0 aromatic heterocycles. The molecule has 1 aromatic rings. The molecule has 0 aliphatic rings.